The zero-order chi connectivity index (χ0) is 16.0. The molecule has 0 heterocycles. The molecule has 2 nitrogen and oxygen atoms in total. The Labute approximate surface area is 152 Å². The summed E-state index contributed by atoms with van der Waals surface area (Å²) >= 11 is 0. The minimum absolute atomic E-state index is 0. The summed E-state index contributed by atoms with van der Waals surface area (Å²) in [6, 6.07) is 0. The monoisotopic (exact) mass is 342 g/mol. The molecule has 0 aromatic heterocycles. The SMILES string of the molecule is C.C.CCCCCCCCC1CCC[C@@H]1CCCCCCC(=O)O. The number of aliphatic carboxylic acids is 1. The van der Waals surface area contributed by atoms with Crippen LogP contribution in [0.25, 0.3) is 0 Å². The van der Waals surface area contributed by atoms with E-state index in [1.54, 1.807) is 0 Å². The van der Waals surface area contributed by atoms with E-state index in [0.717, 1.165) is 24.7 Å². The van der Waals surface area contributed by atoms with Gasteiger partial charge < -0.3 is 5.11 Å². The second-order valence-electron chi connectivity index (χ2n) is 7.35. The van der Waals surface area contributed by atoms with E-state index in [-0.39, 0.29) is 14.9 Å². The molecular weight excluding hydrogens is 296 g/mol. The molecule has 1 N–H and O–H groups in total. The number of rotatable bonds is 14. The molecule has 1 aliphatic rings. The van der Waals surface area contributed by atoms with Gasteiger partial charge in [-0.05, 0) is 18.3 Å². The number of hydrogen-bond donors (Lipinski definition) is 1. The van der Waals surface area contributed by atoms with Gasteiger partial charge in [0, 0.05) is 6.42 Å². The largest absolute Gasteiger partial charge is 0.481 e. The summed E-state index contributed by atoms with van der Waals surface area (Å²) in [6.45, 7) is 2.28. The third-order valence-corrected chi connectivity index (χ3v) is 5.46. The van der Waals surface area contributed by atoms with Crippen molar-refractivity contribution in [2.75, 3.05) is 0 Å². The fraction of sp³-hybridized carbons (Fsp3) is 0.955. The molecule has 1 unspecified atom stereocenters. The lowest BCUT2D eigenvalue weighted by Crippen LogP contribution is -2.08. The Balaban J connectivity index is 0. The summed E-state index contributed by atoms with van der Waals surface area (Å²) in [6.07, 6.45) is 20.6. The highest BCUT2D eigenvalue weighted by atomic mass is 16.4. The van der Waals surface area contributed by atoms with Crippen LogP contribution in [0, 0.1) is 11.8 Å². The predicted molar refractivity (Wildman–Crippen MR) is 108 cm³/mol. The van der Waals surface area contributed by atoms with Crippen LogP contribution in [0.3, 0.4) is 0 Å². The maximum atomic E-state index is 10.5. The molecule has 0 bridgehead atoms. The zero-order valence-electron chi connectivity index (χ0n) is 14.8. The van der Waals surface area contributed by atoms with E-state index >= 15 is 0 Å². The smallest absolute Gasteiger partial charge is 0.303 e. The van der Waals surface area contributed by atoms with E-state index in [4.69, 9.17) is 5.11 Å². The summed E-state index contributed by atoms with van der Waals surface area (Å²) in [7, 11) is 0. The molecule has 2 atom stereocenters. The summed E-state index contributed by atoms with van der Waals surface area (Å²) < 4.78 is 0. The van der Waals surface area contributed by atoms with Gasteiger partial charge in [-0.1, -0.05) is 112 Å². The van der Waals surface area contributed by atoms with Gasteiger partial charge in [0.15, 0.2) is 0 Å². The van der Waals surface area contributed by atoms with Gasteiger partial charge in [-0.25, -0.2) is 0 Å². The molecule has 146 valence electrons. The van der Waals surface area contributed by atoms with Crippen molar-refractivity contribution < 1.29 is 9.90 Å². The highest BCUT2D eigenvalue weighted by Crippen LogP contribution is 2.38. The van der Waals surface area contributed by atoms with Crippen LogP contribution in [0.5, 0.6) is 0 Å². The maximum absolute atomic E-state index is 10.5. The molecule has 0 saturated heterocycles. The van der Waals surface area contributed by atoms with Crippen molar-refractivity contribution in [1.82, 2.24) is 0 Å². The maximum Gasteiger partial charge on any atom is 0.303 e. The summed E-state index contributed by atoms with van der Waals surface area (Å²) in [5.41, 5.74) is 0. The van der Waals surface area contributed by atoms with Crippen molar-refractivity contribution in [2.45, 2.75) is 125 Å². The number of carboxylic acid groups (broad SMARTS) is 1. The minimum atomic E-state index is -0.644. The number of carboxylic acids is 1. The lowest BCUT2D eigenvalue weighted by Gasteiger charge is -2.19. The fourth-order valence-electron chi connectivity index (χ4n) is 4.10. The van der Waals surface area contributed by atoms with Gasteiger partial charge >= 0.3 is 5.97 Å². The number of carbonyl (C=O) groups is 1. The van der Waals surface area contributed by atoms with E-state index in [9.17, 15) is 4.79 Å². The van der Waals surface area contributed by atoms with Gasteiger partial charge in [-0.3, -0.25) is 4.79 Å². The van der Waals surface area contributed by atoms with Crippen LogP contribution in [-0.2, 0) is 4.79 Å². The Morgan fingerprint density at radius 3 is 1.75 bits per heavy atom. The van der Waals surface area contributed by atoms with Crippen LogP contribution in [0.4, 0.5) is 0 Å². The highest BCUT2D eigenvalue weighted by molar-refractivity contribution is 5.66. The van der Waals surface area contributed by atoms with Crippen LogP contribution in [0.1, 0.15) is 125 Å². The van der Waals surface area contributed by atoms with E-state index in [0.29, 0.717) is 6.42 Å². The Kier molecular flexibility index (Phi) is 18.5. The van der Waals surface area contributed by atoms with Crippen LogP contribution >= 0.6 is 0 Å². The molecule has 0 aromatic rings. The zero-order valence-corrected chi connectivity index (χ0v) is 14.8. The molecule has 0 radical (unpaired) electrons. The average Bonchev–Trinajstić information content (AvgIpc) is 2.93. The lowest BCUT2D eigenvalue weighted by molar-refractivity contribution is -0.137. The van der Waals surface area contributed by atoms with Gasteiger partial charge in [0.1, 0.15) is 0 Å². The quantitative estimate of drug-likeness (QED) is 0.326. The summed E-state index contributed by atoms with van der Waals surface area (Å²) in [4.78, 5) is 10.5. The molecule has 0 aromatic carbocycles. The van der Waals surface area contributed by atoms with E-state index in [1.165, 1.54) is 83.5 Å². The topological polar surface area (TPSA) is 37.3 Å². The van der Waals surface area contributed by atoms with Crippen LogP contribution < -0.4 is 0 Å². The van der Waals surface area contributed by atoms with Crippen molar-refractivity contribution in [2.24, 2.45) is 11.8 Å². The minimum Gasteiger partial charge on any atom is -0.481 e. The normalized spacial score (nSPS) is 19.5. The predicted octanol–water partition coefficient (Wildman–Crippen LogP) is 7.85. The Bertz CT molecular complexity index is 275. The third kappa shape index (κ3) is 12.8. The Morgan fingerprint density at radius 2 is 1.25 bits per heavy atom. The fourth-order valence-corrected chi connectivity index (χ4v) is 4.10. The van der Waals surface area contributed by atoms with Crippen molar-refractivity contribution in [3.05, 3.63) is 0 Å². The van der Waals surface area contributed by atoms with Gasteiger partial charge in [0.05, 0.1) is 0 Å². The average molecular weight is 343 g/mol. The molecule has 24 heavy (non-hydrogen) atoms. The summed E-state index contributed by atoms with van der Waals surface area (Å²) in [5.74, 6) is 1.34. The van der Waals surface area contributed by atoms with E-state index in [2.05, 4.69) is 6.92 Å². The number of unbranched alkanes of at least 4 members (excludes halogenated alkanes) is 8. The van der Waals surface area contributed by atoms with Crippen LogP contribution in [0.2, 0.25) is 0 Å². The number of hydrogen-bond acceptors (Lipinski definition) is 1. The van der Waals surface area contributed by atoms with Crippen LogP contribution in [0.15, 0.2) is 0 Å². The molecule has 1 saturated carbocycles. The highest BCUT2D eigenvalue weighted by Gasteiger charge is 2.25. The van der Waals surface area contributed by atoms with Crippen molar-refractivity contribution in [1.29, 1.82) is 0 Å². The van der Waals surface area contributed by atoms with Gasteiger partial charge in [0.25, 0.3) is 0 Å². The molecule has 0 aliphatic heterocycles. The Hall–Kier alpha value is -0.530. The Morgan fingerprint density at radius 1 is 0.792 bits per heavy atom. The summed E-state index contributed by atoms with van der Waals surface area (Å²) in [5, 5.41) is 8.63. The van der Waals surface area contributed by atoms with Crippen molar-refractivity contribution in [3.63, 3.8) is 0 Å². The standard InChI is InChI=1S/C20H38O2.2CH4/c1-2-3-4-5-6-9-13-18-15-12-16-19(18)14-10-7-8-11-17-20(21)22;;/h18-19H,2-17H2,1H3,(H,21,22);2*1H4/t18?,19-;;/m0../s1. The van der Waals surface area contributed by atoms with E-state index in [1.807, 2.05) is 0 Å². The van der Waals surface area contributed by atoms with Gasteiger partial charge in [-0.15, -0.1) is 0 Å². The second-order valence-corrected chi connectivity index (χ2v) is 7.35. The first-order chi connectivity index (χ1) is 10.7. The van der Waals surface area contributed by atoms with Crippen molar-refractivity contribution in [3.8, 4) is 0 Å². The molecule has 0 amide bonds. The molecule has 0 spiro atoms. The van der Waals surface area contributed by atoms with Crippen LogP contribution in [-0.4, -0.2) is 11.1 Å². The third-order valence-electron chi connectivity index (χ3n) is 5.46. The molecule has 1 aliphatic carbocycles. The first kappa shape index (κ1) is 25.7. The molecular formula is C22H46O2. The van der Waals surface area contributed by atoms with Gasteiger partial charge in [0.2, 0.25) is 0 Å². The van der Waals surface area contributed by atoms with Crippen molar-refractivity contribution >= 4 is 5.97 Å². The molecule has 1 fully saturated rings. The second kappa shape index (κ2) is 17.3. The van der Waals surface area contributed by atoms with E-state index < -0.39 is 5.97 Å². The first-order valence-corrected chi connectivity index (χ1v) is 9.95. The first-order valence-electron chi connectivity index (χ1n) is 9.95. The molecule has 2 heteroatoms. The molecule has 1 rings (SSSR count). The lowest BCUT2D eigenvalue weighted by atomic mass is 9.86. The van der Waals surface area contributed by atoms with Gasteiger partial charge in [-0.2, -0.15) is 0 Å².